The first-order valence-corrected chi connectivity index (χ1v) is 7.13. The Labute approximate surface area is 106 Å². The lowest BCUT2D eigenvalue weighted by molar-refractivity contribution is 0.676. The average Bonchev–Trinajstić information content (AvgIpc) is 3.07. The van der Waals surface area contributed by atoms with E-state index in [0.717, 1.165) is 19.1 Å². The average molecular weight is 246 g/mol. The number of fused-ring (bicyclic) bond motifs is 1. The van der Waals surface area contributed by atoms with Gasteiger partial charge in [-0.2, -0.15) is 0 Å². The van der Waals surface area contributed by atoms with Crippen LogP contribution in [0.15, 0.2) is 29.6 Å². The third kappa shape index (κ3) is 2.45. The summed E-state index contributed by atoms with van der Waals surface area (Å²) in [6.07, 6.45) is 2.73. The number of likely N-dealkylation sites (N-methyl/N-ethyl adjacent to an activating group) is 1. The molecule has 1 fully saturated rings. The van der Waals surface area contributed by atoms with E-state index in [2.05, 4.69) is 46.9 Å². The highest BCUT2D eigenvalue weighted by molar-refractivity contribution is 7.17. The van der Waals surface area contributed by atoms with E-state index in [1.54, 1.807) is 0 Å². The molecule has 1 N–H and O–H groups in total. The Hall–Kier alpha value is -1.06. The molecule has 1 aromatic carbocycles. The fourth-order valence-corrected chi connectivity index (χ4v) is 3.11. The van der Waals surface area contributed by atoms with Crippen LogP contribution in [0.4, 0.5) is 5.69 Å². The molecular weight excluding hydrogens is 228 g/mol. The predicted octanol–water partition coefficient (Wildman–Crippen LogP) is 3.09. The highest BCUT2D eigenvalue weighted by Crippen LogP contribution is 2.31. The highest BCUT2D eigenvalue weighted by atomic mass is 32.1. The van der Waals surface area contributed by atoms with Gasteiger partial charge in [-0.15, -0.1) is 11.3 Å². The van der Waals surface area contributed by atoms with Gasteiger partial charge in [0.1, 0.15) is 0 Å². The van der Waals surface area contributed by atoms with Crippen LogP contribution in [0.1, 0.15) is 12.8 Å². The third-order valence-corrected chi connectivity index (χ3v) is 4.28. The van der Waals surface area contributed by atoms with Gasteiger partial charge >= 0.3 is 0 Å². The smallest absolute Gasteiger partial charge is 0.0552 e. The van der Waals surface area contributed by atoms with Gasteiger partial charge in [0, 0.05) is 41.6 Å². The summed E-state index contributed by atoms with van der Waals surface area (Å²) in [6, 6.07) is 9.44. The molecule has 2 nitrogen and oxygen atoms in total. The van der Waals surface area contributed by atoms with E-state index in [4.69, 9.17) is 0 Å². The number of nitrogens with zero attached hydrogens (tertiary/aromatic N) is 1. The quantitative estimate of drug-likeness (QED) is 0.872. The van der Waals surface area contributed by atoms with Crippen LogP contribution in [0.5, 0.6) is 0 Å². The summed E-state index contributed by atoms with van der Waals surface area (Å²) in [5.74, 6) is 0. The molecule has 0 saturated heterocycles. The van der Waals surface area contributed by atoms with E-state index in [0.29, 0.717) is 0 Å². The highest BCUT2D eigenvalue weighted by Gasteiger charge is 2.20. The van der Waals surface area contributed by atoms with Gasteiger partial charge in [0.15, 0.2) is 0 Å². The monoisotopic (exact) mass is 246 g/mol. The van der Waals surface area contributed by atoms with Crippen molar-refractivity contribution in [2.24, 2.45) is 0 Å². The number of benzene rings is 1. The molecule has 0 bridgehead atoms. The fourth-order valence-electron chi connectivity index (χ4n) is 2.10. The molecule has 17 heavy (non-hydrogen) atoms. The van der Waals surface area contributed by atoms with Gasteiger partial charge in [0.2, 0.25) is 0 Å². The lowest BCUT2D eigenvalue weighted by Gasteiger charge is -2.18. The minimum absolute atomic E-state index is 0.808. The molecule has 0 spiro atoms. The van der Waals surface area contributed by atoms with Crippen LogP contribution in [0, 0.1) is 0 Å². The van der Waals surface area contributed by atoms with Gasteiger partial charge in [-0.25, -0.2) is 0 Å². The number of anilines is 1. The SMILES string of the molecule is CN(CCNC1CC1)c1csc2ccccc12. The fraction of sp³-hybridized carbons (Fsp3) is 0.429. The second-order valence-corrected chi connectivity index (χ2v) is 5.68. The number of rotatable bonds is 5. The standard InChI is InChI=1S/C14H18N2S/c1-16(9-8-15-11-6-7-11)13-10-17-14-5-3-2-4-12(13)14/h2-5,10-11,15H,6-9H2,1H3. The molecule has 1 aromatic heterocycles. The summed E-state index contributed by atoms with van der Waals surface area (Å²) in [4.78, 5) is 2.36. The molecule has 1 saturated carbocycles. The molecule has 0 aliphatic heterocycles. The topological polar surface area (TPSA) is 15.3 Å². The molecule has 0 amide bonds. The number of hydrogen-bond donors (Lipinski definition) is 1. The van der Waals surface area contributed by atoms with Gasteiger partial charge in [-0.1, -0.05) is 18.2 Å². The van der Waals surface area contributed by atoms with Crippen molar-refractivity contribution in [1.82, 2.24) is 5.32 Å². The van der Waals surface area contributed by atoms with Crippen molar-refractivity contribution >= 4 is 27.1 Å². The van der Waals surface area contributed by atoms with Crippen LogP contribution in [0.2, 0.25) is 0 Å². The van der Waals surface area contributed by atoms with E-state index >= 15 is 0 Å². The maximum Gasteiger partial charge on any atom is 0.0552 e. The Morgan fingerprint density at radius 2 is 2.18 bits per heavy atom. The second-order valence-electron chi connectivity index (χ2n) is 4.77. The minimum atomic E-state index is 0.808. The first-order valence-electron chi connectivity index (χ1n) is 6.25. The molecule has 1 aliphatic carbocycles. The van der Waals surface area contributed by atoms with Gasteiger partial charge in [-0.3, -0.25) is 0 Å². The van der Waals surface area contributed by atoms with Gasteiger partial charge in [-0.05, 0) is 18.9 Å². The second kappa shape index (κ2) is 4.67. The van der Waals surface area contributed by atoms with Gasteiger partial charge in [0.05, 0.1) is 5.69 Å². The van der Waals surface area contributed by atoms with E-state index in [1.807, 2.05) is 11.3 Å². The largest absolute Gasteiger partial charge is 0.372 e. The molecule has 90 valence electrons. The third-order valence-electron chi connectivity index (χ3n) is 3.33. The Bertz CT molecular complexity index is 502. The van der Waals surface area contributed by atoms with Crippen LogP contribution in [-0.2, 0) is 0 Å². The lowest BCUT2D eigenvalue weighted by Crippen LogP contribution is -2.30. The molecular formula is C14H18N2S. The van der Waals surface area contributed by atoms with Crippen LogP contribution in [0.25, 0.3) is 10.1 Å². The van der Waals surface area contributed by atoms with Crippen LogP contribution in [-0.4, -0.2) is 26.2 Å². The summed E-state index contributed by atoms with van der Waals surface area (Å²) in [5, 5.41) is 7.21. The van der Waals surface area contributed by atoms with Crippen LogP contribution in [0.3, 0.4) is 0 Å². The number of thiophene rings is 1. The zero-order valence-electron chi connectivity index (χ0n) is 10.1. The molecule has 0 radical (unpaired) electrons. The molecule has 3 rings (SSSR count). The molecule has 1 heterocycles. The lowest BCUT2D eigenvalue weighted by atomic mass is 10.2. The molecule has 0 unspecified atom stereocenters. The Morgan fingerprint density at radius 1 is 1.35 bits per heavy atom. The van der Waals surface area contributed by atoms with Gasteiger partial charge in [0.25, 0.3) is 0 Å². The van der Waals surface area contributed by atoms with Crippen molar-refractivity contribution in [3.8, 4) is 0 Å². The van der Waals surface area contributed by atoms with Crippen molar-refractivity contribution < 1.29 is 0 Å². The van der Waals surface area contributed by atoms with Crippen molar-refractivity contribution in [3.05, 3.63) is 29.6 Å². The van der Waals surface area contributed by atoms with Crippen molar-refractivity contribution in [2.45, 2.75) is 18.9 Å². The molecule has 3 heteroatoms. The van der Waals surface area contributed by atoms with E-state index < -0.39 is 0 Å². The van der Waals surface area contributed by atoms with E-state index in [-0.39, 0.29) is 0 Å². The number of nitrogens with one attached hydrogen (secondary N) is 1. The van der Waals surface area contributed by atoms with Gasteiger partial charge < -0.3 is 10.2 Å². The molecule has 0 atom stereocenters. The Morgan fingerprint density at radius 3 is 3.00 bits per heavy atom. The Kier molecular flexibility index (Phi) is 3.04. The maximum absolute atomic E-state index is 3.56. The van der Waals surface area contributed by atoms with Crippen molar-refractivity contribution in [3.63, 3.8) is 0 Å². The van der Waals surface area contributed by atoms with E-state index in [1.165, 1.54) is 28.6 Å². The summed E-state index contributed by atoms with van der Waals surface area (Å²) >= 11 is 1.83. The zero-order chi connectivity index (χ0) is 11.7. The minimum Gasteiger partial charge on any atom is -0.372 e. The summed E-state index contributed by atoms with van der Waals surface area (Å²) in [5.41, 5.74) is 1.36. The zero-order valence-corrected chi connectivity index (χ0v) is 11.0. The van der Waals surface area contributed by atoms with Crippen molar-refractivity contribution in [2.75, 3.05) is 25.0 Å². The first kappa shape index (κ1) is 11.1. The van der Waals surface area contributed by atoms with Crippen LogP contribution >= 0.6 is 11.3 Å². The van der Waals surface area contributed by atoms with Crippen LogP contribution < -0.4 is 10.2 Å². The Balaban J connectivity index is 1.68. The molecule has 1 aliphatic rings. The van der Waals surface area contributed by atoms with Crippen molar-refractivity contribution in [1.29, 1.82) is 0 Å². The first-order chi connectivity index (χ1) is 8.34. The van der Waals surface area contributed by atoms with E-state index in [9.17, 15) is 0 Å². The normalized spacial score (nSPS) is 15.4. The summed E-state index contributed by atoms with van der Waals surface area (Å²) in [6.45, 7) is 2.17. The predicted molar refractivity (Wildman–Crippen MR) is 76.1 cm³/mol. The maximum atomic E-state index is 3.56. The molecule has 2 aromatic rings. The summed E-state index contributed by atoms with van der Waals surface area (Å²) in [7, 11) is 2.18. The summed E-state index contributed by atoms with van der Waals surface area (Å²) < 4.78 is 1.38. The number of hydrogen-bond acceptors (Lipinski definition) is 3.